The number of allylic oxidation sites excluding steroid dienone is 2. The molecule has 29 heavy (non-hydrogen) atoms. The summed E-state index contributed by atoms with van der Waals surface area (Å²) < 4.78 is 27.4. The lowest BCUT2D eigenvalue weighted by Gasteiger charge is -2.26. The molecular formula is C21H27N3O4S. The minimum Gasteiger partial charge on any atom is -0.284 e. The second-order valence-corrected chi connectivity index (χ2v) is 10.0. The van der Waals surface area contributed by atoms with Crippen LogP contribution in [0.15, 0.2) is 41.3 Å². The molecule has 0 N–H and O–H groups in total. The maximum atomic E-state index is 13.0. The summed E-state index contributed by atoms with van der Waals surface area (Å²) in [5.74, 6) is -0.619. The lowest BCUT2D eigenvalue weighted by molar-refractivity contribution is -0.142. The molecule has 1 aliphatic carbocycles. The van der Waals surface area contributed by atoms with Crippen molar-refractivity contribution in [3.63, 3.8) is 0 Å². The number of imide groups is 1. The van der Waals surface area contributed by atoms with E-state index in [0.29, 0.717) is 50.3 Å². The van der Waals surface area contributed by atoms with E-state index in [2.05, 4.69) is 0 Å². The van der Waals surface area contributed by atoms with Crippen LogP contribution in [-0.4, -0.2) is 67.2 Å². The van der Waals surface area contributed by atoms with Crippen LogP contribution in [0.5, 0.6) is 0 Å². The van der Waals surface area contributed by atoms with Gasteiger partial charge in [-0.15, -0.1) is 0 Å². The fourth-order valence-electron chi connectivity index (χ4n) is 4.40. The number of nitrogens with zero attached hydrogens (tertiary/aromatic N) is 3. The number of carbonyl (C=O) groups is 2. The molecule has 0 spiro atoms. The minimum absolute atomic E-state index is 0.0854. The number of fused-ring (bicyclic) bond motifs is 1. The van der Waals surface area contributed by atoms with E-state index in [4.69, 9.17) is 0 Å². The number of amides is 2. The molecule has 8 heteroatoms. The largest absolute Gasteiger partial charge is 0.284 e. The van der Waals surface area contributed by atoms with Crippen molar-refractivity contribution in [1.82, 2.24) is 14.1 Å². The van der Waals surface area contributed by atoms with Crippen LogP contribution in [-0.2, 0) is 19.6 Å². The standard InChI is InChI=1S/C21H27N3O4S/c1-16-7-9-17(10-8-16)29(27,28)23-12-4-11-22(13-14-23)15-24-20(25)18-5-2-3-6-19(18)21(24)26/h2-3,7-10,18-19H,4-6,11-15H2,1H3/t18-,19-/m1/s1. The average Bonchev–Trinajstić information content (AvgIpc) is 2.88. The van der Waals surface area contributed by atoms with E-state index < -0.39 is 10.0 Å². The molecule has 0 saturated carbocycles. The number of carbonyl (C=O) groups excluding carboxylic acids is 2. The molecule has 4 rings (SSSR count). The predicted octanol–water partition coefficient (Wildman–Crippen LogP) is 1.60. The van der Waals surface area contributed by atoms with E-state index in [1.807, 2.05) is 24.0 Å². The highest BCUT2D eigenvalue weighted by Gasteiger charge is 2.47. The van der Waals surface area contributed by atoms with Crippen molar-refractivity contribution >= 4 is 21.8 Å². The molecule has 2 heterocycles. The van der Waals surface area contributed by atoms with Crippen molar-refractivity contribution in [1.29, 1.82) is 0 Å². The number of hydrogen-bond acceptors (Lipinski definition) is 5. The number of hydrogen-bond donors (Lipinski definition) is 0. The summed E-state index contributed by atoms with van der Waals surface area (Å²) in [6, 6.07) is 6.89. The average molecular weight is 418 g/mol. The van der Waals surface area contributed by atoms with Crippen molar-refractivity contribution in [2.45, 2.75) is 31.1 Å². The summed E-state index contributed by atoms with van der Waals surface area (Å²) in [5, 5.41) is 0. The Balaban J connectivity index is 1.41. The molecule has 3 aliphatic rings. The Morgan fingerprint density at radius 1 is 0.897 bits per heavy atom. The van der Waals surface area contributed by atoms with Crippen molar-refractivity contribution in [3.05, 3.63) is 42.0 Å². The van der Waals surface area contributed by atoms with E-state index in [1.54, 1.807) is 24.3 Å². The Morgan fingerprint density at radius 2 is 1.52 bits per heavy atom. The summed E-state index contributed by atoms with van der Waals surface area (Å²) >= 11 is 0. The van der Waals surface area contributed by atoms with Crippen LogP contribution >= 0.6 is 0 Å². The van der Waals surface area contributed by atoms with Gasteiger partial charge in [0, 0.05) is 26.2 Å². The van der Waals surface area contributed by atoms with Gasteiger partial charge in [-0.25, -0.2) is 8.42 Å². The number of likely N-dealkylation sites (tertiary alicyclic amines) is 1. The molecule has 2 amide bonds. The second kappa shape index (κ2) is 8.01. The van der Waals surface area contributed by atoms with Crippen molar-refractivity contribution < 1.29 is 18.0 Å². The molecule has 0 aromatic heterocycles. The number of benzene rings is 1. The molecule has 2 aliphatic heterocycles. The molecule has 0 radical (unpaired) electrons. The normalized spacial score (nSPS) is 26.6. The lowest BCUT2D eigenvalue weighted by atomic mass is 9.85. The quantitative estimate of drug-likeness (QED) is 0.549. The molecule has 156 valence electrons. The number of sulfonamides is 1. The van der Waals surface area contributed by atoms with Gasteiger partial charge in [0.1, 0.15) is 0 Å². The van der Waals surface area contributed by atoms with Crippen LogP contribution in [0.25, 0.3) is 0 Å². The highest BCUT2D eigenvalue weighted by atomic mass is 32.2. The van der Waals surface area contributed by atoms with E-state index in [0.717, 1.165) is 5.56 Å². The first-order valence-corrected chi connectivity index (χ1v) is 11.6. The first-order valence-electron chi connectivity index (χ1n) is 10.2. The van der Waals surface area contributed by atoms with Crippen LogP contribution in [0.4, 0.5) is 0 Å². The number of aryl methyl sites for hydroxylation is 1. The topological polar surface area (TPSA) is 78.0 Å². The fourth-order valence-corrected chi connectivity index (χ4v) is 5.87. The summed E-state index contributed by atoms with van der Waals surface area (Å²) in [7, 11) is -3.54. The Kier molecular flexibility index (Phi) is 5.59. The summed E-state index contributed by atoms with van der Waals surface area (Å²) in [4.78, 5) is 29.1. The summed E-state index contributed by atoms with van der Waals surface area (Å²) in [6.45, 7) is 4.11. The van der Waals surface area contributed by atoms with Crippen LogP contribution in [0, 0.1) is 18.8 Å². The SMILES string of the molecule is Cc1ccc(S(=O)(=O)N2CCCN(CN3C(=O)[C@@H]4CC=CC[C@H]4C3=O)CC2)cc1. The van der Waals surface area contributed by atoms with Gasteiger partial charge in [0.25, 0.3) is 0 Å². The van der Waals surface area contributed by atoms with Crippen molar-refractivity contribution in [2.24, 2.45) is 11.8 Å². The zero-order valence-corrected chi connectivity index (χ0v) is 17.5. The van der Waals surface area contributed by atoms with Gasteiger partial charge in [-0.1, -0.05) is 29.8 Å². The maximum Gasteiger partial charge on any atom is 0.243 e. The molecule has 2 fully saturated rings. The van der Waals surface area contributed by atoms with Crippen LogP contribution < -0.4 is 0 Å². The zero-order valence-electron chi connectivity index (χ0n) is 16.7. The van der Waals surface area contributed by atoms with Gasteiger partial charge in [-0.05, 0) is 38.3 Å². The first kappa shape index (κ1) is 20.3. The summed E-state index contributed by atoms with van der Waals surface area (Å²) in [5.41, 5.74) is 1.02. The Labute approximate surface area is 172 Å². The van der Waals surface area contributed by atoms with Gasteiger partial charge in [-0.2, -0.15) is 4.31 Å². The molecule has 0 bridgehead atoms. The van der Waals surface area contributed by atoms with Crippen LogP contribution in [0.3, 0.4) is 0 Å². The van der Waals surface area contributed by atoms with Crippen molar-refractivity contribution in [3.8, 4) is 0 Å². The van der Waals surface area contributed by atoms with Gasteiger partial charge in [0.2, 0.25) is 21.8 Å². The third-order valence-electron chi connectivity index (χ3n) is 6.15. The highest BCUT2D eigenvalue weighted by Crippen LogP contribution is 2.35. The first-order chi connectivity index (χ1) is 13.9. The second-order valence-electron chi connectivity index (χ2n) is 8.09. The zero-order chi connectivity index (χ0) is 20.6. The fraction of sp³-hybridized carbons (Fsp3) is 0.524. The minimum atomic E-state index is -3.54. The molecular weight excluding hydrogens is 390 g/mol. The Bertz CT molecular complexity index is 900. The van der Waals surface area contributed by atoms with Gasteiger partial charge >= 0.3 is 0 Å². The van der Waals surface area contributed by atoms with E-state index in [1.165, 1.54) is 9.21 Å². The van der Waals surface area contributed by atoms with Crippen LogP contribution in [0.2, 0.25) is 0 Å². The Hall–Kier alpha value is -2.03. The van der Waals surface area contributed by atoms with E-state index >= 15 is 0 Å². The third kappa shape index (κ3) is 3.89. The smallest absolute Gasteiger partial charge is 0.243 e. The van der Waals surface area contributed by atoms with Crippen molar-refractivity contribution in [2.75, 3.05) is 32.8 Å². The van der Waals surface area contributed by atoms with Crippen LogP contribution in [0.1, 0.15) is 24.8 Å². The Morgan fingerprint density at radius 3 is 2.14 bits per heavy atom. The molecule has 1 aromatic carbocycles. The number of rotatable bonds is 4. The maximum absolute atomic E-state index is 13.0. The molecule has 7 nitrogen and oxygen atoms in total. The van der Waals surface area contributed by atoms with Gasteiger partial charge in [-0.3, -0.25) is 19.4 Å². The lowest BCUT2D eigenvalue weighted by Crippen LogP contribution is -2.43. The molecule has 1 aromatic rings. The van der Waals surface area contributed by atoms with Gasteiger partial charge in [0.05, 0.1) is 23.4 Å². The monoisotopic (exact) mass is 417 g/mol. The molecule has 2 atom stereocenters. The van der Waals surface area contributed by atoms with E-state index in [-0.39, 0.29) is 30.3 Å². The van der Waals surface area contributed by atoms with E-state index in [9.17, 15) is 18.0 Å². The predicted molar refractivity (Wildman–Crippen MR) is 108 cm³/mol. The molecule has 0 unspecified atom stereocenters. The summed E-state index contributed by atoms with van der Waals surface area (Å²) in [6.07, 6.45) is 5.89. The third-order valence-corrected chi connectivity index (χ3v) is 8.06. The van der Waals surface area contributed by atoms with Gasteiger partial charge < -0.3 is 0 Å². The van der Waals surface area contributed by atoms with Gasteiger partial charge in [0.15, 0.2) is 0 Å². The molecule has 2 saturated heterocycles. The highest BCUT2D eigenvalue weighted by molar-refractivity contribution is 7.89.